The average molecular weight is 397 g/mol. The molecule has 146 valence electrons. The number of carbonyl (C=O) groups excluding carboxylic acids is 2. The summed E-state index contributed by atoms with van der Waals surface area (Å²) in [5.74, 6) is -2.40. The first-order valence-corrected chi connectivity index (χ1v) is 9.83. The number of nitrogens with zero attached hydrogens (tertiary/aromatic N) is 2. The van der Waals surface area contributed by atoms with Crippen LogP contribution in [-0.2, 0) is 19.8 Å². The molecule has 10 heteroatoms. The van der Waals surface area contributed by atoms with Crippen molar-refractivity contribution in [3.63, 3.8) is 0 Å². The molecule has 1 unspecified atom stereocenters. The van der Waals surface area contributed by atoms with E-state index in [2.05, 4.69) is 0 Å². The van der Waals surface area contributed by atoms with Gasteiger partial charge in [0.05, 0.1) is 0 Å². The number of carbonyl (C=O) groups is 2. The van der Waals surface area contributed by atoms with Crippen LogP contribution in [0.2, 0.25) is 0 Å². The second-order valence-corrected chi connectivity index (χ2v) is 8.22. The molecule has 3 rings (SSSR count). The summed E-state index contributed by atoms with van der Waals surface area (Å²) in [6.07, 6.45) is 3.62. The Morgan fingerprint density at radius 3 is 2.70 bits per heavy atom. The standard InChI is InChI=1S/C17H20FN3O5S/c1-10(22)20(2)12-5-3-4-11(8-12)13-6-7-14(23)17(16(13)18)21-9-15(24)19-27(21,25)26/h4,6-7,12,23H,3,5,8-9H2,1-2H3,(H,19,24). The van der Waals surface area contributed by atoms with Crippen LogP contribution in [0.1, 0.15) is 31.7 Å². The number of anilines is 1. The number of nitrogens with one attached hydrogen (secondary N) is 1. The summed E-state index contributed by atoms with van der Waals surface area (Å²) in [6, 6.07) is 2.47. The van der Waals surface area contributed by atoms with E-state index in [9.17, 15) is 23.1 Å². The first-order chi connectivity index (χ1) is 12.6. The molecule has 1 aliphatic carbocycles. The molecule has 1 fully saturated rings. The molecular weight excluding hydrogens is 377 g/mol. The van der Waals surface area contributed by atoms with Gasteiger partial charge in [0.2, 0.25) is 5.91 Å². The Balaban J connectivity index is 2.00. The van der Waals surface area contributed by atoms with Gasteiger partial charge in [0, 0.05) is 25.6 Å². The second-order valence-electron chi connectivity index (χ2n) is 6.63. The van der Waals surface area contributed by atoms with Crippen LogP contribution in [0, 0.1) is 5.82 Å². The number of amides is 2. The molecule has 1 aliphatic heterocycles. The first-order valence-electron chi connectivity index (χ1n) is 8.39. The highest BCUT2D eigenvalue weighted by Crippen LogP contribution is 2.39. The van der Waals surface area contributed by atoms with Crippen molar-refractivity contribution in [2.45, 2.75) is 32.2 Å². The lowest BCUT2D eigenvalue weighted by Crippen LogP contribution is -2.36. The fourth-order valence-corrected chi connectivity index (χ4v) is 4.55. The maximum absolute atomic E-state index is 15.2. The van der Waals surface area contributed by atoms with Gasteiger partial charge in [0.1, 0.15) is 18.0 Å². The van der Waals surface area contributed by atoms with Crippen LogP contribution >= 0.6 is 0 Å². The van der Waals surface area contributed by atoms with E-state index >= 15 is 4.39 Å². The van der Waals surface area contributed by atoms with E-state index in [1.807, 2.05) is 6.08 Å². The Hall–Kier alpha value is -2.62. The molecule has 0 radical (unpaired) electrons. The molecule has 0 saturated carbocycles. The third kappa shape index (κ3) is 3.48. The van der Waals surface area contributed by atoms with E-state index in [1.54, 1.807) is 16.7 Å². The van der Waals surface area contributed by atoms with Crippen LogP contribution in [0.5, 0.6) is 5.75 Å². The fourth-order valence-electron chi connectivity index (χ4n) is 3.38. The Morgan fingerprint density at radius 1 is 1.41 bits per heavy atom. The van der Waals surface area contributed by atoms with Crippen molar-refractivity contribution < 1.29 is 27.5 Å². The van der Waals surface area contributed by atoms with Crippen molar-refractivity contribution in [3.8, 4) is 5.75 Å². The van der Waals surface area contributed by atoms with Gasteiger partial charge in [-0.15, -0.1) is 0 Å². The number of hydrogen-bond acceptors (Lipinski definition) is 5. The molecule has 1 heterocycles. The molecule has 1 aromatic rings. The van der Waals surface area contributed by atoms with Crippen LogP contribution in [0.4, 0.5) is 10.1 Å². The quantitative estimate of drug-likeness (QED) is 0.795. The lowest BCUT2D eigenvalue weighted by molar-refractivity contribution is -0.129. The number of aromatic hydroxyl groups is 1. The molecule has 2 amide bonds. The van der Waals surface area contributed by atoms with Crippen LogP contribution in [0.3, 0.4) is 0 Å². The van der Waals surface area contributed by atoms with Gasteiger partial charge in [0.25, 0.3) is 5.91 Å². The highest BCUT2D eigenvalue weighted by molar-refractivity contribution is 7.92. The van der Waals surface area contributed by atoms with E-state index in [0.29, 0.717) is 22.7 Å². The molecule has 8 nitrogen and oxygen atoms in total. The topological polar surface area (TPSA) is 107 Å². The van der Waals surface area contributed by atoms with E-state index < -0.39 is 39.9 Å². The summed E-state index contributed by atoms with van der Waals surface area (Å²) in [7, 11) is -2.57. The zero-order valence-electron chi connectivity index (χ0n) is 14.9. The highest BCUT2D eigenvalue weighted by atomic mass is 32.2. The summed E-state index contributed by atoms with van der Waals surface area (Å²) < 4.78 is 41.5. The first kappa shape index (κ1) is 19.2. The zero-order valence-corrected chi connectivity index (χ0v) is 15.7. The van der Waals surface area contributed by atoms with Crippen LogP contribution < -0.4 is 9.03 Å². The van der Waals surface area contributed by atoms with Gasteiger partial charge in [-0.3, -0.25) is 9.59 Å². The Bertz CT molecular complexity index is 944. The van der Waals surface area contributed by atoms with Crippen LogP contribution in [0.25, 0.3) is 5.57 Å². The molecular formula is C17H20FN3O5S. The van der Waals surface area contributed by atoms with E-state index in [1.165, 1.54) is 19.1 Å². The Labute approximate surface area is 156 Å². The number of benzene rings is 1. The molecule has 2 aliphatic rings. The van der Waals surface area contributed by atoms with Gasteiger partial charge in [-0.1, -0.05) is 6.08 Å². The fraction of sp³-hybridized carbons (Fsp3) is 0.412. The largest absolute Gasteiger partial charge is 0.506 e. The van der Waals surface area contributed by atoms with Crippen molar-refractivity contribution in [1.29, 1.82) is 0 Å². The number of phenolic OH excluding ortho intramolecular Hbond substituents is 1. The highest BCUT2D eigenvalue weighted by Gasteiger charge is 2.38. The summed E-state index contributed by atoms with van der Waals surface area (Å²) in [4.78, 5) is 24.7. The van der Waals surface area contributed by atoms with Crippen molar-refractivity contribution in [2.24, 2.45) is 0 Å². The third-order valence-electron chi connectivity index (χ3n) is 4.90. The van der Waals surface area contributed by atoms with Crippen molar-refractivity contribution in [3.05, 3.63) is 29.6 Å². The van der Waals surface area contributed by atoms with E-state index in [-0.39, 0.29) is 17.5 Å². The van der Waals surface area contributed by atoms with Crippen molar-refractivity contribution in [1.82, 2.24) is 9.62 Å². The minimum Gasteiger partial charge on any atom is -0.506 e. The maximum atomic E-state index is 15.2. The predicted octanol–water partition coefficient (Wildman–Crippen LogP) is 1.13. The second kappa shape index (κ2) is 6.84. The number of hydrogen-bond donors (Lipinski definition) is 2. The monoisotopic (exact) mass is 397 g/mol. The molecule has 1 aromatic carbocycles. The lowest BCUT2D eigenvalue weighted by Gasteiger charge is -2.31. The third-order valence-corrected chi connectivity index (χ3v) is 6.28. The Morgan fingerprint density at radius 2 is 2.11 bits per heavy atom. The van der Waals surface area contributed by atoms with E-state index in [4.69, 9.17) is 0 Å². The van der Waals surface area contributed by atoms with Gasteiger partial charge in [-0.2, -0.15) is 8.42 Å². The lowest BCUT2D eigenvalue weighted by atomic mass is 9.88. The SMILES string of the molecule is CC(=O)N(C)C1CCC=C(c2ccc(O)c(N3CC(=O)NS3(=O)=O)c2F)C1. The van der Waals surface area contributed by atoms with Crippen LogP contribution in [0.15, 0.2) is 18.2 Å². The molecule has 0 aromatic heterocycles. The summed E-state index contributed by atoms with van der Waals surface area (Å²) >= 11 is 0. The van der Waals surface area contributed by atoms with Crippen LogP contribution in [-0.4, -0.2) is 49.9 Å². The number of allylic oxidation sites excluding steroid dienone is 1. The number of rotatable bonds is 3. The minimum absolute atomic E-state index is 0.0964. The molecule has 27 heavy (non-hydrogen) atoms. The predicted molar refractivity (Wildman–Crippen MR) is 96.5 cm³/mol. The van der Waals surface area contributed by atoms with Crippen molar-refractivity contribution >= 4 is 33.3 Å². The minimum atomic E-state index is -4.26. The molecule has 2 N–H and O–H groups in total. The van der Waals surface area contributed by atoms with Crippen molar-refractivity contribution in [2.75, 3.05) is 17.9 Å². The summed E-state index contributed by atoms with van der Waals surface area (Å²) in [6.45, 7) is 0.852. The number of halogens is 1. The zero-order chi connectivity index (χ0) is 19.9. The molecule has 0 spiro atoms. The van der Waals surface area contributed by atoms with Gasteiger partial charge in [0.15, 0.2) is 5.82 Å². The molecule has 0 bridgehead atoms. The maximum Gasteiger partial charge on any atom is 0.326 e. The van der Waals surface area contributed by atoms with Gasteiger partial charge in [-0.25, -0.2) is 13.4 Å². The number of phenols is 1. The molecule has 1 saturated heterocycles. The molecule has 1 atom stereocenters. The summed E-state index contributed by atoms with van der Waals surface area (Å²) in [5.41, 5.74) is 0.196. The summed E-state index contributed by atoms with van der Waals surface area (Å²) in [5, 5.41) is 10.0. The normalized spacial score (nSPS) is 21.6. The Kier molecular flexibility index (Phi) is 4.85. The van der Waals surface area contributed by atoms with Gasteiger partial charge >= 0.3 is 10.2 Å². The van der Waals surface area contributed by atoms with Gasteiger partial charge < -0.3 is 10.0 Å². The van der Waals surface area contributed by atoms with Gasteiger partial charge in [-0.05, 0) is 37.0 Å². The smallest absolute Gasteiger partial charge is 0.326 e. The average Bonchev–Trinajstić information content (AvgIpc) is 2.86. The van der Waals surface area contributed by atoms with E-state index in [0.717, 1.165) is 6.42 Å².